The standard InChI is InChI=1S/C21H23N3O3S/c1-21(2)23-19(14-8-10-16(27-3)11-9-14)20(26)24(21)13-18(25)22-15-6-5-7-17(12-15)28-4/h5-12H,13H2,1-4H3,(H,22,25). The van der Waals surface area contributed by atoms with Gasteiger partial charge in [-0.2, -0.15) is 0 Å². The van der Waals surface area contributed by atoms with E-state index >= 15 is 0 Å². The largest absolute Gasteiger partial charge is 0.497 e. The minimum atomic E-state index is -0.801. The van der Waals surface area contributed by atoms with Gasteiger partial charge in [-0.15, -0.1) is 11.8 Å². The van der Waals surface area contributed by atoms with E-state index in [9.17, 15) is 9.59 Å². The van der Waals surface area contributed by atoms with E-state index in [-0.39, 0.29) is 18.4 Å². The molecule has 3 rings (SSSR count). The number of aliphatic imine (C=N–C) groups is 1. The van der Waals surface area contributed by atoms with Crippen molar-refractivity contribution >= 4 is 35.0 Å². The Morgan fingerprint density at radius 1 is 1.21 bits per heavy atom. The predicted molar refractivity (Wildman–Crippen MR) is 112 cm³/mol. The molecule has 1 heterocycles. The molecule has 0 aliphatic carbocycles. The number of ether oxygens (including phenoxy) is 1. The normalized spacial score (nSPS) is 15.4. The number of benzene rings is 2. The Bertz CT molecular complexity index is 923. The Balaban J connectivity index is 1.73. The highest BCUT2D eigenvalue weighted by molar-refractivity contribution is 7.98. The zero-order chi connectivity index (χ0) is 20.3. The lowest BCUT2D eigenvalue weighted by Gasteiger charge is -2.28. The minimum absolute atomic E-state index is 0.0709. The van der Waals surface area contributed by atoms with Gasteiger partial charge in [0.05, 0.1) is 7.11 Å². The fraction of sp³-hybridized carbons (Fsp3) is 0.286. The summed E-state index contributed by atoms with van der Waals surface area (Å²) in [5.74, 6) is 0.187. The number of thioether (sulfide) groups is 1. The van der Waals surface area contributed by atoms with Crippen LogP contribution < -0.4 is 10.1 Å². The first-order valence-electron chi connectivity index (χ1n) is 8.84. The number of nitrogens with one attached hydrogen (secondary N) is 1. The minimum Gasteiger partial charge on any atom is -0.497 e. The molecule has 146 valence electrons. The molecule has 1 aliphatic heterocycles. The highest BCUT2D eigenvalue weighted by Crippen LogP contribution is 2.27. The summed E-state index contributed by atoms with van der Waals surface area (Å²) in [7, 11) is 1.59. The fourth-order valence-corrected chi connectivity index (χ4v) is 3.46. The van der Waals surface area contributed by atoms with Crippen LogP contribution in [0.1, 0.15) is 19.4 Å². The van der Waals surface area contributed by atoms with Gasteiger partial charge in [0, 0.05) is 16.1 Å². The number of rotatable bonds is 6. The number of nitrogens with zero attached hydrogens (tertiary/aromatic N) is 2. The average Bonchev–Trinajstić information content (AvgIpc) is 2.91. The molecular weight excluding hydrogens is 374 g/mol. The molecule has 1 aliphatic rings. The quantitative estimate of drug-likeness (QED) is 0.758. The Morgan fingerprint density at radius 3 is 2.57 bits per heavy atom. The van der Waals surface area contributed by atoms with Crippen molar-refractivity contribution in [1.82, 2.24) is 4.90 Å². The van der Waals surface area contributed by atoms with Gasteiger partial charge in [0.15, 0.2) is 0 Å². The highest BCUT2D eigenvalue weighted by Gasteiger charge is 2.41. The molecule has 0 radical (unpaired) electrons. The highest BCUT2D eigenvalue weighted by atomic mass is 32.2. The van der Waals surface area contributed by atoms with Crippen LogP contribution in [0.4, 0.5) is 5.69 Å². The summed E-state index contributed by atoms with van der Waals surface area (Å²) in [5.41, 5.74) is 0.960. The van der Waals surface area contributed by atoms with Crippen LogP contribution in [-0.4, -0.2) is 48.0 Å². The van der Waals surface area contributed by atoms with E-state index < -0.39 is 5.66 Å². The van der Waals surface area contributed by atoms with Crippen molar-refractivity contribution in [3.8, 4) is 5.75 Å². The van der Waals surface area contributed by atoms with Crippen LogP contribution >= 0.6 is 11.8 Å². The van der Waals surface area contributed by atoms with Crippen LogP contribution in [0, 0.1) is 0 Å². The molecule has 2 aromatic carbocycles. The first-order chi connectivity index (χ1) is 13.3. The van der Waals surface area contributed by atoms with Gasteiger partial charge in [-0.1, -0.05) is 6.07 Å². The fourth-order valence-electron chi connectivity index (χ4n) is 3.01. The van der Waals surface area contributed by atoms with Crippen LogP contribution in [0.25, 0.3) is 0 Å². The van der Waals surface area contributed by atoms with Gasteiger partial charge >= 0.3 is 0 Å². The third-order valence-electron chi connectivity index (χ3n) is 4.51. The van der Waals surface area contributed by atoms with Crippen molar-refractivity contribution in [3.63, 3.8) is 0 Å². The van der Waals surface area contributed by atoms with Crippen LogP contribution in [0.2, 0.25) is 0 Å². The Kier molecular flexibility index (Phi) is 5.74. The first-order valence-corrected chi connectivity index (χ1v) is 10.1. The van der Waals surface area contributed by atoms with Crippen molar-refractivity contribution in [2.45, 2.75) is 24.4 Å². The summed E-state index contributed by atoms with van der Waals surface area (Å²) in [5, 5.41) is 2.86. The summed E-state index contributed by atoms with van der Waals surface area (Å²) in [4.78, 5) is 32.6. The maximum absolute atomic E-state index is 12.9. The van der Waals surface area contributed by atoms with E-state index in [1.807, 2.05) is 44.4 Å². The van der Waals surface area contributed by atoms with Gasteiger partial charge < -0.3 is 15.0 Å². The number of hydrogen-bond acceptors (Lipinski definition) is 5. The SMILES string of the molecule is COc1ccc(C2=NC(C)(C)N(CC(=O)Nc3cccc(SC)c3)C2=O)cc1. The van der Waals surface area contributed by atoms with Crippen molar-refractivity contribution < 1.29 is 14.3 Å². The van der Waals surface area contributed by atoms with Crippen LogP contribution in [0.3, 0.4) is 0 Å². The third kappa shape index (κ3) is 4.20. The number of carbonyl (C=O) groups excluding carboxylic acids is 2. The van der Waals surface area contributed by atoms with E-state index in [1.165, 1.54) is 4.90 Å². The maximum Gasteiger partial charge on any atom is 0.275 e. The monoisotopic (exact) mass is 397 g/mol. The van der Waals surface area contributed by atoms with Crippen molar-refractivity contribution in [3.05, 3.63) is 54.1 Å². The molecular formula is C21H23N3O3S. The van der Waals surface area contributed by atoms with Gasteiger partial charge in [-0.25, -0.2) is 0 Å². The summed E-state index contributed by atoms with van der Waals surface area (Å²) < 4.78 is 5.16. The van der Waals surface area contributed by atoms with Crippen molar-refractivity contribution in [2.24, 2.45) is 4.99 Å². The number of carbonyl (C=O) groups is 2. The van der Waals surface area contributed by atoms with Gasteiger partial charge in [0.2, 0.25) is 5.91 Å². The number of methoxy groups -OCH3 is 1. The molecule has 6 nitrogen and oxygen atoms in total. The van der Waals surface area contributed by atoms with Gasteiger partial charge in [0.25, 0.3) is 5.91 Å². The number of anilines is 1. The zero-order valence-corrected chi connectivity index (χ0v) is 17.2. The molecule has 0 bridgehead atoms. The number of amides is 2. The summed E-state index contributed by atoms with van der Waals surface area (Å²) >= 11 is 1.60. The summed E-state index contributed by atoms with van der Waals surface area (Å²) in [6.45, 7) is 3.57. The molecule has 0 saturated carbocycles. The molecule has 0 atom stereocenters. The molecule has 0 saturated heterocycles. The molecule has 2 amide bonds. The van der Waals surface area contributed by atoms with E-state index in [4.69, 9.17) is 4.74 Å². The molecule has 1 N–H and O–H groups in total. The van der Waals surface area contributed by atoms with E-state index in [2.05, 4.69) is 10.3 Å². The molecule has 28 heavy (non-hydrogen) atoms. The summed E-state index contributed by atoms with van der Waals surface area (Å²) in [6, 6.07) is 14.7. The second kappa shape index (κ2) is 8.06. The Labute approximate surface area is 169 Å². The first kappa shape index (κ1) is 19.9. The van der Waals surface area contributed by atoms with Crippen molar-refractivity contribution in [1.29, 1.82) is 0 Å². The molecule has 0 unspecified atom stereocenters. The second-order valence-corrected chi connectivity index (χ2v) is 7.73. The van der Waals surface area contributed by atoms with Crippen LogP contribution in [0.15, 0.2) is 58.4 Å². The van der Waals surface area contributed by atoms with Gasteiger partial charge in [-0.3, -0.25) is 14.6 Å². The molecule has 7 heteroatoms. The van der Waals surface area contributed by atoms with Crippen LogP contribution in [-0.2, 0) is 9.59 Å². The smallest absolute Gasteiger partial charge is 0.275 e. The van der Waals surface area contributed by atoms with Crippen LogP contribution in [0.5, 0.6) is 5.75 Å². The molecule has 0 spiro atoms. The lowest BCUT2D eigenvalue weighted by Crippen LogP contribution is -2.46. The Hall–Kier alpha value is -2.80. The lowest BCUT2D eigenvalue weighted by molar-refractivity contribution is -0.131. The van der Waals surface area contributed by atoms with E-state index in [1.54, 1.807) is 43.1 Å². The number of hydrogen-bond donors (Lipinski definition) is 1. The van der Waals surface area contributed by atoms with E-state index in [0.29, 0.717) is 22.7 Å². The van der Waals surface area contributed by atoms with Gasteiger partial charge in [0.1, 0.15) is 23.7 Å². The maximum atomic E-state index is 12.9. The van der Waals surface area contributed by atoms with Gasteiger partial charge in [-0.05, 0) is 62.6 Å². The lowest BCUT2D eigenvalue weighted by atomic mass is 10.1. The zero-order valence-electron chi connectivity index (χ0n) is 16.4. The van der Waals surface area contributed by atoms with E-state index in [0.717, 1.165) is 4.90 Å². The molecule has 0 fully saturated rings. The summed E-state index contributed by atoms with van der Waals surface area (Å²) in [6.07, 6.45) is 1.98. The topological polar surface area (TPSA) is 71.0 Å². The van der Waals surface area contributed by atoms with Crippen molar-refractivity contribution in [2.75, 3.05) is 25.2 Å². The average molecular weight is 398 g/mol. The molecule has 2 aromatic rings. The third-order valence-corrected chi connectivity index (χ3v) is 5.24. The Morgan fingerprint density at radius 2 is 1.93 bits per heavy atom. The molecule has 0 aromatic heterocycles. The predicted octanol–water partition coefficient (Wildman–Crippen LogP) is 3.42. The second-order valence-electron chi connectivity index (χ2n) is 6.85.